The van der Waals surface area contributed by atoms with Gasteiger partial charge in [-0.2, -0.15) is 0 Å². The van der Waals surface area contributed by atoms with Crippen LogP contribution in [0.5, 0.6) is 0 Å². The average molecular weight is 257 g/mol. The summed E-state index contributed by atoms with van der Waals surface area (Å²) in [5.74, 6) is -3.06. The third-order valence-corrected chi connectivity index (χ3v) is 1.34. The molecular formula is C8H7ClF2O5. The molecule has 8 heteroatoms. The number of hydrogen-bond acceptors (Lipinski definition) is 4. The molecule has 5 nitrogen and oxygen atoms in total. The summed E-state index contributed by atoms with van der Waals surface area (Å²) < 4.78 is 48.7. The maximum Gasteiger partial charge on any atom is 0.307 e. The molecular weight excluding hydrogens is 250 g/mol. The van der Waals surface area contributed by atoms with E-state index in [1.807, 2.05) is 0 Å². The lowest BCUT2D eigenvalue weighted by molar-refractivity contribution is -1.63. The number of carbonyl (C=O) groups is 1. The zero-order valence-electron chi connectivity index (χ0n) is 7.69. The summed E-state index contributed by atoms with van der Waals surface area (Å²) in [5, 5.41) is 8.31. The molecule has 0 aliphatic heterocycles. The SMILES string of the molecule is O=C(O)Cc1ccc(F)c(F)c1.[O-][Cl+2]([O-])O. The molecule has 1 rings (SSSR count). The van der Waals surface area contributed by atoms with Crippen LogP contribution in [0, 0.1) is 22.4 Å². The minimum atomic E-state index is -2.60. The normalized spacial score (nSPS) is 9.62. The van der Waals surface area contributed by atoms with Gasteiger partial charge in [0.15, 0.2) is 11.6 Å². The first-order chi connectivity index (χ1) is 7.32. The topological polar surface area (TPSA) is 104 Å². The summed E-state index contributed by atoms with van der Waals surface area (Å²) in [6.45, 7) is 0. The maximum absolute atomic E-state index is 12.5. The smallest absolute Gasteiger partial charge is 0.307 e. The van der Waals surface area contributed by atoms with E-state index in [1.165, 1.54) is 6.07 Å². The predicted molar refractivity (Wildman–Crippen MR) is 39.9 cm³/mol. The van der Waals surface area contributed by atoms with Crippen molar-refractivity contribution in [2.45, 2.75) is 6.42 Å². The third-order valence-electron chi connectivity index (χ3n) is 1.34. The fraction of sp³-hybridized carbons (Fsp3) is 0.125. The van der Waals surface area contributed by atoms with E-state index in [-0.39, 0.29) is 12.0 Å². The minimum absolute atomic E-state index is 0.251. The number of hydrogen-bond donors (Lipinski definition) is 2. The van der Waals surface area contributed by atoms with Crippen LogP contribution in [0.15, 0.2) is 18.2 Å². The Balaban J connectivity index is 0.000000487. The van der Waals surface area contributed by atoms with Gasteiger partial charge < -0.3 is 14.4 Å². The monoisotopic (exact) mass is 256 g/mol. The molecule has 0 bridgehead atoms. The number of carboxylic acid groups (broad SMARTS) is 1. The summed E-state index contributed by atoms with van der Waals surface area (Å²) in [4.78, 5) is 10.1. The van der Waals surface area contributed by atoms with E-state index < -0.39 is 28.4 Å². The van der Waals surface area contributed by atoms with Crippen molar-refractivity contribution in [1.82, 2.24) is 0 Å². The molecule has 2 N–H and O–H groups in total. The zero-order valence-corrected chi connectivity index (χ0v) is 8.45. The number of carboxylic acids is 1. The number of aliphatic carboxylic acids is 1. The van der Waals surface area contributed by atoms with Gasteiger partial charge in [0.25, 0.3) is 10.8 Å². The highest BCUT2D eigenvalue weighted by Gasteiger charge is 2.04. The number of halogens is 3. The van der Waals surface area contributed by atoms with E-state index in [4.69, 9.17) is 19.1 Å². The summed E-state index contributed by atoms with van der Waals surface area (Å²) in [5.41, 5.74) is 0.251. The van der Waals surface area contributed by atoms with E-state index in [9.17, 15) is 13.6 Å². The second kappa shape index (κ2) is 7.07. The first kappa shape index (κ1) is 14.7. The quantitative estimate of drug-likeness (QED) is 0.681. The van der Waals surface area contributed by atoms with Gasteiger partial charge in [0.2, 0.25) is 0 Å². The molecule has 0 aliphatic rings. The molecule has 0 atom stereocenters. The van der Waals surface area contributed by atoms with Crippen LogP contribution in [0.3, 0.4) is 0 Å². The van der Waals surface area contributed by atoms with Crippen LogP contribution in [0.2, 0.25) is 0 Å². The Labute approximate surface area is 92.0 Å². The second-order valence-corrected chi connectivity index (χ2v) is 2.92. The molecule has 1 aromatic carbocycles. The van der Waals surface area contributed by atoms with Crippen LogP contribution in [-0.2, 0) is 11.2 Å². The molecule has 0 amide bonds. The average Bonchev–Trinajstić information content (AvgIpc) is 2.09. The summed E-state index contributed by atoms with van der Waals surface area (Å²) in [6.07, 6.45) is -0.294. The van der Waals surface area contributed by atoms with Crippen molar-refractivity contribution in [3.63, 3.8) is 0 Å². The summed E-state index contributed by atoms with van der Waals surface area (Å²) in [6, 6.07) is 3.03. The fourth-order valence-corrected chi connectivity index (χ4v) is 0.824. The highest BCUT2D eigenvalue weighted by molar-refractivity contribution is 5.70. The van der Waals surface area contributed by atoms with Gasteiger partial charge >= 0.3 is 5.97 Å². The van der Waals surface area contributed by atoms with Gasteiger partial charge in [-0.15, -0.1) is 0 Å². The van der Waals surface area contributed by atoms with E-state index in [1.54, 1.807) is 0 Å². The van der Waals surface area contributed by atoms with E-state index in [2.05, 4.69) is 0 Å². The van der Waals surface area contributed by atoms with Crippen molar-refractivity contribution >= 4 is 5.97 Å². The lowest BCUT2D eigenvalue weighted by Crippen LogP contribution is -2.30. The van der Waals surface area contributed by atoms with Gasteiger partial charge in [0, 0.05) is 4.66 Å². The van der Waals surface area contributed by atoms with Gasteiger partial charge in [-0.1, -0.05) is 6.07 Å². The van der Waals surface area contributed by atoms with Crippen LogP contribution in [0.25, 0.3) is 0 Å². The van der Waals surface area contributed by atoms with Crippen molar-refractivity contribution < 1.29 is 43.4 Å². The Morgan fingerprint density at radius 3 is 2.19 bits per heavy atom. The highest BCUT2D eigenvalue weighted by atomic mass is 35.6. The van der Waals surface area contributed by atoms with Crippen molar-refractivity contribution in [3.8, 4) is 0 Å². The second-order valence-electron chi connectivity index (χ2n) is 2.52. The fourth-order valence-electron chi connectivity index (χ4n) is 0.824. The number of rotatable bonds is 2. The molecule has 0 aliphatic carbocycles. The molecule has 1 aromatic rings. The van der Waals surface area contributed by atoms with Crippen molar-refractivity contribution in [2.75, 3.05) is 0 Å². The zero-order chi connectivity index (χ0) is 12.7. The molecule has 0 fully saturated rings. The van der Waals surface area contributed by atoms with Gasteiger partial charge in [0.05, 0.1) is 6.42 Å². The van der Waals surface area contributed by atoms with Crippen LogP contribution >= 0.6 is 0 Å². The standard InChI is InChI=1S/C8H6F2O2.ClHO3/c9-6-2-1-5(3-7(6)10)4-8(11)12;2-1(3)4/h1-3H,4H2,(H,11,12);2H. The predicted octanol–water partition coefficient (Wildman–Crippen LogP) is -1.34. The molecule has 90 valence electrons. The minimum Gasteiger partial charge on any atom is -0.481 e. The van der Waals surface area contributed by atoms with Crippen LogP contribution in [0.4, 0.5) is 8.78 Å². The van der Waals surface area contributed by atoms with Gasteiger partial charge in [-0.25, -0.2) is 8.78 Å². The van der Waals surface area contributed by atoms with Gasteiger partial charge in [-0.05, 0) is 17.7 Å². The van der Waals surface area contributed by atoms with Crippen LogP contribution in [0.1, 0.15) is 5.56 Å². The first-order valence-corrected chi connectivity index (χ1v) is 4.68. The number of benzene rings is 1. The van der Waals surface area contributed by atoms with Crippen molar-refractivity contribution in [1.29, 1.82) is 0 Å². The molecule has 0 heterocycles. The Morgan fingerprint density at radius 2 is 1.81 bits per heavy atom. The molecule has 16 heavy (non-hydrogen) atoms. The largest absolute Gasteiger partial charge is 0.481 e. The Morgan fingerprint density at radius 1 is 1.31 bits per heavy atom. The lowest BCUT2D eigenvalue weighted by Gasteiger charge is -1.97. The van der Waals surface area contributed by atoms with Gasteiger partial charge in [0.1, 0.15) is 0 Å². The third kappa shape index (κ3) is 7.07. The van der Waals surface area contributed by atoms with Crippen LogP contribution < -0.4 is 9.32 Å². The Bertz CT molecular complexity index is 356. The summed E-state index contributed by atoms with van der Waals surface area (Å²) >= 11 is 0. The Hall–Kier alpha value is -1.28. The first-order valence-electron chi connectivity index (χ1n) is 3.73. The maximum atomic E-state index is 12.5. The van der Waals surface area contributed by atoms with E-state index in [0.717, 1.165) is 12.1 Å². The molecule has 0 saturated carbocycles. The molecule has 0 aromatic heterocycles. The van der Waals surface area contributed by atoms with Crippen molar-refractivity contribution in [2.24, 2.45) is 0 Å². The highest BCUT2D eigenvalue weighted by Crippen LogP contribution is 2.08. The Kier molecular flexibility index (Phi) is 6.50. The molecule has 0 saturated heterocycles. The molecule has 0 spiro atoms. The van der Waals surface area contributed by atoms with E-state index >= 15 is 0 Å². The van der Waals surface area contributed by atoms with Crippen LogP contribution in [-0.4, -0.2) is 15.7 Å². The lowest BCUT2D eigenvalue weighted by atomic mass is 10.1. The van der Waals surface area contributed by atoms with E-state index in [0.29, 0.717) is 0 Å². The molecule has 0 radical (unpaired) electrons. The summed E-state index contributed by atoms with van der Waals surface area (Å²) in [7, 11) is -2.60. The van der Waals surface area contributed by atoms with Gasteiger partial charge in [-0.3, -0.25) is 4.79 Å². The van der Waals surface area contributed by atoms with Crippen molar-refractivity contribution in [3.05, 3.63) is 35.4 Å². The molecule has 0 unspecified atom stereocenters.